The third-order valence-corrected chi connectivity index (χ3v) is 1.76. The number of carbonyl (C=O) groups is 1. The minimum atomic E-state index is -0.475. The Kier molecular flexibility index (Phi) is 2.97. The summed E-state index contributed by atoms with van der Waals surface area (Å²) in [5, 5.41) is 9.78. The summed E-state index contributed by atoms with van der Waals surface area (Å²) in [5.41, 5.74) is 0.122. The summed E-state index contributed by atoms with van der Waals surface area (Å²) in [4.78, 5) is 22.9. The fourth-order valence-corrected chi connectivity index (χ4v) is 0.998. The van der Waals surface area contributed by atoms with E-state index >= 15 is 0 Å². The maximum Gasteiger partial charge on any atom is 0.278 e. The molecule has 0 atom stereocenters. The van der Waals surface area contributed by atoms with Crippen molar-refractivity contribution in [1.82, 2.24) is 25.1 Å². The summed E-state index contributed by atoms with van der Waals surface area (Å²) >= 11 is 5.54. The molecular weight excluding hydrogens is 232 g/mol. The van der Waals surface area contributed by atoms with Crippen molar-refractivity contribution in [3.8, 4) is 0 Å². The standard InChI is InChI=1S/C8H5ClN6O/c9-6-4-11-5(3-12-6)7(16)14-8-10-1-2-13-15-8/h1-4H,(H,10,14,15,16). The van der Waals surface area contributed by atoms with Gasteiger partial charge in [0.1, 0.15) is 10.8 Å². The van der Waals surface area contributed by atoms with Crippen molar-refractivity contribution in [3.63, 3.8) is 0 Å². The van der Waals surface area contributed by atoms with Crippen LogP contribution in [0.1, 0.15) is 10.5 Å². The zero-order valence-electron chi connectivity index (χ0n) is 7.83. The van der Waals surface area contributed by atoms with Crippen LogP contribution in [0.5, 0.6) is 0 Å². The smallest absolute Gasteiger partial charge is 0.278 e. The van der Waals surface area contributed by atoms with Crippen molar-refractivity contribution in [2.24, 2.45) is 0 Å². The third kappa shape index (κ3) is 2.45. The predicted molar refractivity (Wildman–Crippen MR) is 54.8 cm³/mol. The maximum atomic E-state index is 11.6. The number of rotatable bonds is 2. The molecule has 0 spiro atoms. The highest BCUT2D eigenvalue weighted by molar-refractivity contribution is 6.29. The summed E-state index contributed by atoms with van der Waals surface area (Å²) < 4.78 is 0. The second-order valence-electron chi connectivity index (χ2n) is 2.64. The molecule has 0 unspecified atom stereocenters. The number of halogens is 1. The summed E-state index contributed by atoms with van der Waals surface area (Å²) in [6.07, 6.45) is 5.35. The Morgan fingerprint density at radius 1 is 1.19 bits per heavy atom. The van der Waals surface area contributed by atoms with Gasteiger partial charge >= 0.3 is 0 Å². The highest BCUT2D eigenvalue weighted by atomic mass is 35.5. The van der Waals surface area contributed by atoms with Crippen molar-refractivity contribution in [2.75, 3.05) is 5.32 Å². The lowest BCUT2D eigenvalue weighted by atomic mass is 10.4. The molecule has 7 nitrogen and oxygen atoms in total. The van der Waals surface area contributed by atoms with Gasteiger partial charge in [0.05, 0.1) is 24.8 Å². The van der Waals surface area contributed by atoms with Gasteiger partial charge in [0.2, 0.25) is 5.95 Å². The Morgan fingerprint density at radius 2 is 2.06 bits per heavy atom. The number of aromatic nitrogens is 5. The number of nitrogens with zero attached hydrogens (tertiary/aromatic N) is 5. The van der Waals surface area contributed by atoms with Crippen LogP contribution in [-0.2, 0) is 0 Å². The minimum Gasteiger partial charge on any atom is -0.288 e. The second kappa shape index (κ2) is 4.58. The van der Waals surface area contributed by atoms with E-state index in [1.165, 1.54) is 24.8 Å². The molecule has 0 bridgehead atoms. The normalized spacial score (nSPS) is 9.81. The third-order valence-electron chi connectivity index (χ3n) is 1.56. The van der Waals surface area contributed by atoms with E-state index in [1.807, 2.05) is 0 Å². The summed E-state index contributed by atoms with van der Waals surface area (Å²) in [7, 11) is 0. The summed E-state index contributed by atoms with van der Waals surface area (Å²) in [6, 6.07) is 0. The van der Waals surface area contributed by atoms with E-state index in [2.05, 4.69) is 30.5 Å². The summed E-state index contributed by atoms with van der Waals surface area (Å²) in [5.74, 6) is -0.374. The molecule has 2 aromatic heterocycles. The highest BCUT2D eigenvalue weighted by Crippen LogP contribution is 2.03. The van der Waals surface area contributed by atoms with Gasteiger partial charge in [-0.15, -0.1) is 5.10 Å². The Bertz CT molecular complexity index is 488. The SMILES string of the molecule is O=C(Nc1nccnn1)c1cnc(Cl)cn1. The first-order valence-electron chi connectivity index (χ1n) is 4.18. The minimum absolute atomic E-state index is 0.101. The van der Waals surface area contributed by atoms with Crippen molar-refractivity contribution in [1.29, 1.82) is 0 Å². The molecular formula is C8H5ClN6O. The van der Waals surface area contributed by atoms with Crippen molar-refractivity contribution in [3.05, 3.63) is 35.6 Å². The topological polar surface area (TPSA) is 93.6 Å². The van der Waals surface area contributed by atoms with Crippen LogP contribution < -0.4 is 5.32 Å². The van der Waals surface area contributed by atoms with Gasteiger partial charge in [-0.25, -0.2) is 15.0 Å². The lowest BCUT2D eigenvalue weighted by Crippen LogP contribution is -2.16. The average Bonchev–Trinajstić information content (AvgIpc) is 2.31. The highest BCUT2D eigenvalue weighted by Gasteiger charge is 2.09. The van der Waals surface area contributed by atoms with Gasteiger partial charge in [-0.05, 0) is 0 Å². The molecule has 0 saturated carbocycles. The van der Waals surface area contributed by atoms with Gasteiger partial charge in [-0.2, -0.15) is 5.10 Å². The second-order valence-corrected chi connectivity index (χ2v) is 3.03. The molecule has 0 aromatic carbocycles. The number of carbonyl (C=O) groups excluding carboxylic acids is 1. The lowest BCUT2D eigenvalue weighted by molar-refractivity contribution is 0.102. The van der Waals surface area contributed by atoms with Gasteiger partial charge in [-0.3, -0.25) is 10.1 Å². The van der Waals surface area contributed by atoms with E-state index in [4.69, 9.17) is 11.6 Å². The van der Waals surface area contributed by atoms with Crippen molar-refractivity contribution in [2.45, 2.75) is 0 Å². The molecule has 0 aliphatic rings. The van der Waals surface area contributed by atoms with Gasteiger partial charge < -0.3 is 0 Å². The van der Waals surface area contributed by atoms with Gasteiger partial charge in [0, 0.05) is 0 Å². The van der Waals surface area contributed by atoms with Crippen LogP contribution in [0.25, 0.3) is 0 Å². The van der Waals surface area contributed by atoms with E-state index in [0.717, 1.165) is 0 Å². The van der Waals surface area contributed by atoms with Crippen LogP contribution in [0, 0.1) is 0 Å². The molecule has 0 aliphatic heterocycles. The van der Waals surface area contributed by atoms with Crippen LogP contribution in [0.3, 0.4) is 0 Å². The molecule has 0 fully saturated rings. The van der Waals surface area contributed by atoms with E-state index in [0.29, 0.717) is 0 Å². The fraction of sp³-hybridized carbons (Fsp3) is 0. The number of hydrogen-bond donors (Lipinski definition) is 1. The largest absolute Gasteiger partial charge is 0.288 e. The first-order valence-corrected chi connectivity index (χ1v) is 4.56. The molecule has 0 radical (unpaired) electrons. The molecule has 80 valence electrons. The molecule has 1 N–H and O–H groups in total. The van der Waals surface area contributed by atoms with Crippen LogP contribution in [0.4, 0.5) is 5.95 Å². The lowest BCUT2D eigenvalue weighted by Gasteiger charge is -2.00. The van der Waals surface area contributed by atoms with Crippen LogP contribution in [-0.4, -0.2) is 31.1 Å². The first kappa shape index (κ1) is 10.4. The van der Waals surface area contributed by atoms with Gasteiger partial charge in [0.25, 0.3) is 5.91 Å². The molecule has 0 aliphatic carbocycles. The summed E-state index contributed by atoms with van der Waals surface area (Å²) in [6.45, 7) is 0. The van der Waals surface area contributed by atoms with Crippen molar-refractivity contribution < 1.29 is 4.79 Å². The molecule has 2 rings (SSSR count). The molecule has 2 heterocycles. The average molecular weight is 237 g/mol. The molecule has 16 heavy (non-hydrogen) atoms. The van der Waals surface area contributed by atoms with Crippen molar-refractivity contribution >= 4 is 23.5 Å². The number of hydrogen-bond acceptors (Lipinski definition) is 6. The molecule has 1 amide bonds. The van der Waals surface area contributed by atoms with E-state index in [-0.39, 0.29) is 16.8 Å². The van der Waals surface area contributed by atoms with Crippen LogP contribution in [0.2, 0.25) is 5.15 Å². The van der Waals surface area contributed by atoms with Crippen LogP contribution >= 0.6 is 11.6 Å². The van der Waals surface area contributed by atoms with Crippen LogP contribution in [0.15, 0.2) is 24.8 Å². The fourth-order valence-electron chi connectivity index (χ4n) is 0.900. The Hall–Kier alpha value is -2.15. The predicted octanol–water partition coefficient (Wildman–Crippen LogP) is 0.567. The maximum absolute atomic E-state index is 11.6. The zero-order valence-corrected chi connectivity index (χ0v) is 8.59. The van der Waals surface area contributed by atoms with E-state index in [1.54, 1.807) is 0 Å². The first-order chi connectivity index (χ1) is 7.75. The Labute approximate surface area is 94.9 Å². The molecule has 0 saturated heterocycles. The number of amides is 1. The molecule has 8 heteroatoms. The zero-order chi connectivity index (χ0) is 11.4. The number of nitrogens with one attached hydrogen (secondary N) is 1. The Morgan fingerprint density at radius 3 is 2.69 bits per heavy atom. The Balaban J connectivity index is 2.12. The quantitative estimate of drug-likeness (QED) is 0.819. The number of anilines is 1. The molecule has 2 aromatic rings. The van der Waals surface area contributed by atoms with Gasteiger partial charge in [-0.1, -0.05) is 11.6 Å². The van der Waals surface area contributed by atoms with E-state index < -0.39 is 5.91 Å². The van der Waals surface area contributed by atoms with E-state index in [9.17, 15) is 4.79 Å². The monoisotopic (exact) mass is 236 g/mol. The van der Waals surface area contributed by atoms with Gasteiger partial charge in [0.15, 0.2) is 0 Å².